The highest BCUT2D eigenvalue weighted by atomic mass is 16.4. The van der Waals surface area contributed by atoms with Crippen molar-refractivity contribution in [2.45, 2.75) is 12.5 Å². The number of imidazole rings is 1. The highest BCUT2D eigenvalue weighted by Crippen LogP contribution is 2.00. The monoisotopic (exact) mass is 283 g/mol. The smallest absolute Gasteiger partial charge is 0.326 e. The molecular formula is C11H17N5O4. The average molecular weight is 283 g/mol. The average Bonchev–Trinajstić information content (AvgIpc) is 2.90. The fourth-order valence-electron chi connectivity index (χ4n) is 1.44. The molecule has 0 spiro atoms. The zero-order valence-electron chi connectivity index (χ0n) is 11.2. The van der Waals surface area contributed by atoms with Crippen molar-refractivity contribution < 1.29 is 19.5 Å². The first-order chi connectivity index (χ1) is 9.43. The largest absolute Gasteiger partial charge is 0.480 e. The summed E-state index contributed by atoms with van der Waals surface area (Å²) in [6, 6.07) is -1.74. The molecule has 9 nitrogen and oxygen atoms in total. The molecule has 0 unspecified atom stereocenters. The lowest BCUT2D eigenvalue weighted by Gasteiger charge is -2.20. The number of carboxylic acids is 1. The number of aromatic nitrogens is 2. The number of carboxylic acid groups (broad SMARTS) is 1. The van der Waals surface area contributed by atoms with Crippen molar-refractivity contribution in [3.8, 4) is 0 Å². The summed E-state index contributed by atoms with van der Waals surface area (Å²) in [6.07, 6.45) is 2.99. The van der Waals surface area contributed by atoms with Crippen molar-refractivity contribution in [1.29, 1.82) is 0 Å². The van der Waals surface area contributed by atoms with Crippen LogP contribution in [0.2, 0.25) is 0 Å². The molecule has 20 heavy (non-hydrogen) atoms. The van der Waals surface area contributed by atoms with Gasteiger partial charge in [0.25, 0.3) is 0 Å². The zero-order valence-corrected chi connectivity index (χ0v) is 11.2. The Labute approximate surface area is 115 Å². The van der Waals surface area contributed by atoms with Gasteiger partial charge in [-0.25, -0.2) is 14.6 Å². The van der Waals surface area contributed by atoms with Crippen LogP contribution >= 0.6 is 0 Å². The lowest BCUT2D eigenvalue weighted by Crippen LogP contribution is -2.49. The molecule has 4 N–H and O–H groups in total. The van der Waals surface area contributed by atoms with Crippen molar-refractivity contribution in [3.63, 3.8) is 0 Å². The van der Waals surface area contributed by atoms with Crippen LogP contribution in [0.5, 0.6) is 0 Å². The Morgan fingerprint density at radius 2 is 2.20 bits per heavy atom. The molecule has 1 atom stereocenters. The van der Waals surface area contributed by atoms with Gasteiger partial charge in [-0.3, -0.25) is 4.79 Å². The van der Waals surface area contributed by atoms with Crippen molar-refractivity contribution in [3.05, 3.63) is 18.2 Å². The molecule has 0 aliphatic carbocycles. The number of hydrogen-bond donors (Lipinski definition) is 4. The van der Waals surface area contributed by atoms with Gasteiger partial charge in [0.15, 0.2) is 0 Å². The number of aromatic amines is 1. The minimum absolute atomic E-state index is 0.0783. The summed E-state index contributed by atoms with van der Waals surface area (Å²) in [5, 5.41) is 13.8. The number of H-pyrrole nitrogens is 1. The van der Waals surface area contributed by atoms with Crippen molar-refractivity contribution in [2.24, 2.45) is 0 Å². The van der Waals surface area contributed by atoms with E-state index in [9.17, 15) is 14.4 Å². The summed E-state index contributed by atoms with van der Waals surface area (Å²) in [7, 11) is 2.85. The lowest BCUT2D eigenvalue weighted by molar-refractivity contribution is -0.139. The molecular weight excluding hydrogens is 266 g/mol. The fourth-order valence-corrected chi connectivity index (χ4v) is 1.44. The van der Waals surface area contributed by atoms with Gasteiger partial charge in [-0.15, -0.1) is 0 Å². The van der Waals surface area contributed by atoms with Crippen LogP contribution in [0.25, 0.3) is 0 Å². The van der Waals surface area contributed by atoms with Crippen LogP contribution in [0.1, 0.15) is 5.69 Å². The number of aliphatic carboxylic acids is 1. The van der Waals surface area contributed by atoms with Crippen LogP contribution in [0, 0.1) is 0 Å². The van der Waals surface area contributed by atoms with E-state index in [2.05, 4.69) is 20.6 Å². The van der Waals surface area contributed by atoms with Crippen LogP contribution in [-0.2, 0) is 16.0 Å². The predicted molar refractivity (Wildman–Crippen MR) is 68.9 cm³/mol. The van der Waals surface area contributed by atoms with Crippen LogP contribution < -0.4 is 10.6 Å². The van der Waals surface area contributed by atoms with Gasteiger partial charge >= 0.3 is 12.0 Å². The van der Waals surface area contributed by atoms with E-state index in [-0.39, 0.29) is 18.9 Å². The Morgan fingerprint density at radius 3 is 2.70 bits per heavy atom. The van der Waals surface area contributed by atoms with E-state index in [1.165, 1.54) is 26.6 Å². The number of urea groups is 1. The molecule has 0 aliphatic heterocycles. The molecule has 1 aromatic heterocycles. The topological polar surface area (TPSA) is 127 Å². The first kappa shape index (κ1) is 15.5. The Hall–Kier alpha value is -2.58. The third-order valence-corrected chi connectivity index (χ3v) is 2.58. The summed E-state index contributed by atoms with van der Waals surface area (Å²) in [5.41, 5.74) is 0.589. The van der Waals surface area contributed by atoms with Gasteiger partial charge in [-0.05, 0) is 0 Å². The third kappa shape index (κ3) is 4.59. The van der Waals surface area contributed by atoms with Gasteiger partial charge in [0.05, 0.1) is 6.33 Å². The highest BCUT2D eigenvalue weighted by molar-refractivity contribution is 5.86. The quantitative estimate of drug-likeness (QED) is 0.521. The zero-order chi connectivity index (χ0) is 15.1. The van der Waals surface area contributed by atoms with E-state index in [4.69, 9.17) is 5.11 Å². The van der Waals surface area contributed by atoms with Crippen molar-refractivity contribution >= 4 is 17.9 Å². The van der Waals surface area contributed by atoms with Crippen molar-refractivity contribution in [1.82, 2.24) is 25.5 Å². The minimum atomic E-state index is -1.17. The molecule has 0 aromatic carbocycles. The minimum Gasteiger partial charge on any atom is -0.480 e. The lowest BCUT2D eigenvalue weighted by atomic mass is 10.1. The molecule has 0 aliphatic rings. The second kappa shape index (κ2) is 7.12. The van der Waals surface area contributed by atoms with Crippen molar-refractivity contribution in [2.75, 3.05) is 20.6 Å². The van der Waals surface area contributed by atoms with Gasteiger partial charge in [0.1, 0.15) is 12.6 Å². The second-order valence-corrected chi connectivity index (χ2v) is 4.15. The molecule has 1 heterocycles. The fraction of sp³-hybridized carbons (Fsp3) is 0.455. The van der Waals surface area contributed by atoms with Gasteiger partial charge in [0.2, 0.25) is 5.91 Å². The maximum atomic E-state index is 11.8. The predicted octanol–water partition coefficient (Wildman–Crippen LogP) is -1.21. The first-order valence-electron chi connectivity index (χ1n) is 5.86. The Bertz CT molecular complexity index is 473. The number of rotatable bonds is 6. The summed E-state index contributed by atoms with van der Waals surface area (Å²) >= 11 is 0. The molecule has 9 heteroatoms. The van der Waals surface area contributed by atoms with Crippen LogP contribution in [0.15, 0.2) is 12.5 Å². The van der Waals surface area contributed by atoms with E-state index in [0.29, 0.717) is 5.69 Å². The van der Waals surface area contributed by atoms with E-state index in [0.717, 1.165) is 4.90 Å². The maximum Gasteiger partial charge on any atom is 0.326 e. The van der Waals surface area contributed by atoms with E-state index in [1.54, 1.807) is 0 Å². The van der Waals surface area contributed by atoms with Gasteiger partial charge < -0.3 is 25.6 Å². The summed E-state index contributed by atoms with van der Waals surface area (Å²) in [4.78, 5) is 41.7. The maximum absolute atomic E-state index is 11.8. The molecule has 0 saturated carbocycles. The Balaban J connectivity index is 2.59. The van der Waals surface area contributed by atoms with Crippen LogP contribution in [0.3, 0.4) is 0 Å². The highest BCUT2D eigenvalue weighted by Gasteiger charge is 2.23. The van der Waals surface area contributed by atoms with Gasteiger partial charge in [-0.1, -0.05) is 0 Å². The first-order valence-corrected chi connectivity index (χ1v) is 5.86. The number of nitrogens with zero attached hydrogens (tertiary/aromatic N) is 2. The second-order valence-electron chi connectivity index (χ2n) is 4.15. The van der Waals surface area contributed by atoms with E-state index >= 15 is 0 Å². The number of carbonyl (C=O) groups excluding carboxylic acids is 2. The molecule has 110 valence electrons. The number of nitrogens with one attached hydrogen (secondary N) is 3. The van der Waals surface area contributed by atoms with E-state index in [1.807, 2.05) is 0 Å². The Kier molecular flexibility index (Phi) is 5.51. The Morgan fingerprint density at radius 1 is 1.50 bits per heavy atom. The summed E-state index contributed by atoms with van der Waals surface area (Å²) < 4.78 is 0. The number of hydrogen-bond acceptors (Lipinski definition) is 4. The molecule has 0 radical (unpaired) electrons. The molecule has 0 saturated heterocycles. The number of carbonyl (C=O) groups is 3. The molecule has 0 bridgehead atoms. The summed E-state index contributed by atoms with van der Waals surface area (Å²) in [5.74, 6) is -1.51. The van der Waals surface area contributed by atoms with Crippen LogP contribution in [-0.4, -0.2) is 64.6 Å². The molecule has 1 aromatic rings. The molecule has 1 rings (SSSR count). The normalized spacial score (nSPS) is 11.5. The van der Waals surface area contributed by atoms with E-state index < -0.39 is 18.0 Å². The summed E-state index contributed by atoms with van der Waals surface area (Å²) in [6.45, 7) is -0.154. The SMILES string of the molecule is CNC(=O)CN(C)C(=O)N[C@@H](Cc1cnc[nH]1)C(=O)O. The number of amides is 3. The van der Waals surface area contributed by atoms with Gasteiger partial charge in [0, 0.05) is 32.4 Å². The van der Waals surface area contributed by atoms with Gasteiger partial charge in [-0.2, -0.15) is 0 Å². The number of likely N-dealkylation sites (N-methyl/N-ethyl adjacent to an activating group) is 2. The molecule has 0 fully saturated rings. The molecule has 3 amide bonds. The third-order valence-electron chi connectivity index (χ3n) is 2.58. The van der Waals surface area contributed by atoms with Crippen LogP contribution in [0.4, 0.5) is 4.79 Å². The standard InChI is InChI=1S/C11H17N5O4/c1-12-9(17)5-16(2)11(20)15-8(10(18)19)3-7-4-13-6-14-7/h4,6,8H,3,5H2,1-2H3,(H,12,17)(H,13,14)(H,15,20)(H,18,19)/t8-/m0/s1.